The molecule has 1 saturated heterocycles. The van der Waals surface area contributed by atoms with Crippen molar-refractivity contribution in [2.24, 2.45) is 5.41 Å². The molecule has 3 aromatic carbocycles. The maximum atomic E-state index is 15.0. The molecule has 14 heteroatoms. The molecule has 0 aromatic heterocycles. The minimum absolute atomic E-state index is 0.0818. The Labute approximate surface area is 294 Å². The molecule has 0 aliphatic carbocycles. The van der Waals surface area contributed by atoms with E-state index in [-0.39, 0.29) is 52.4 Å². The van der Waals surface area contributed by atoms with Crippen LogP contribution in [0.3, 0.4) is 0 Å². The summed E-state index contributed by atoms with van der Waals surface area (Å²) in [5, 5.41) is 22.4. The van der Waals surface area contributed by atoms with Crippen LogP contribution in [0.5, 0.6) is 5.75 Å². The highest BCUT2D eigenvalue weighted by Crippen LogP contribution is 2.37. The number of hydrazine groups is 1. The van der Waals surface area contributed by atoms with Crippen LogP contribution in [0.4, 0.5) is 18.9 Å². The monoisotopic (exact) mass is 701 g/mol. The molecule has 1 fully saturated rings. The highest BCUT2D eigenvalue weighted by molar-refractivity contribution is 6.07. The normalized spacial score (nSPS) is 14.1. The second-order valence-electron chi connectivity index (χ2n) is 12.7. The third-order valence-electron chi connectivity index (χ3n) is 8.36. The van der Waals surface area contributed by atoms with Crippen LogP contribution in [0, 0.1) is 33.9 Å². The standard InChI is InChI=1S/C28H22F3N5O3.C9H16N2O/c1-39-24-11-2-17(14-18(24)15-32)26(37)34-23-16-33-36-13-12-35(27(38)25(23)36)22-9-5-20(6-10-22)28(30,31)19-3-7-21(29)8-4-19;1-9(2,7-10)6-5-8(12)11(3)4/h2-11,14,33H,12-13,16H2,1H3,(H,34,37);5-6H2,1-4H3. The molecule has 3 amide bonds. The third kappa shape index (κ3) is 8.84. The maximum Gasteiger partial charge on any atom is 0.298 e. The highest BCUT2D eigenvalue weighted by atomic mass is 19.3. The van der Waals surface area contributed by atoms with E-state index < -0.39 is 23.6 Å². The smallest absolute Gasteiger partial charge is 0.298 e. The molecule has 5 rings (SSSR count). The molecular weight excluding hydrogens is 663 g/mol. The summed E-state index contributed by atoms with van der Waals surface area (Å²) < 4.78 is 48.2. The van der Waals surface area contributed by atoms with Crippen LogP contribution in [0.25, 0.3) is 0 Å². The lowest BCUT2D eigenvalue weighted by molar-refractivity contribution is -0.129. The molecule has 2 aliphatic heterocycles. The van der Waals surface area contributed by atoms with E-state index in [2.05, 4.69) is 16.8 Å². The average Bonchev–Trinajstić information content (AvgIpc) is 3.54. The SMILES string of the molecule is CN(C)C(=O)CCC(C)(C)C#N.COc1ccc(C(=O)NC2=C3C(=O)N(c4ccc(C(F)(F)c5ccc(F)cc5)cc4)CCN3NC2)cc1C#N. The van der Waals surface area contributed by atoms with Crippen LogP contribution in [0.15, 0.2) is 78.1 Å². The first-order chi connectivity index (χ1) is 24.1. The van der Waals surface area contributed by atoms with Crippen LogP contribution >= 0.6 is 0 Å². The number of fused-ring (bicyclic) bond motifs is 1. The van der Waals surface area contributed by atoms with Crippen molar-refractivity contribution in [1.29, 1.82) is 10.5 Å². The first kappa shape index (κ1) is 38.0. The number of nitrogens with one attached hydrogen (secondary N) is 2. The van der Waals surface area contributed by atoms with E-state index in [0.29, 0.717) is 36.5 Å². The molecule has 0 bridgehead atoms. The molecule has 2 aliphatic rings. The van der Waals surface area contributed by atoms with Crippen molar-refractivity contribution in [3.63, 3.8) is 0 Å². The molecule has 2 N–H and O–H groups in total. The number of alkyl halides is 2. The van der Waals surface area contributed by atoms with Gasteiger partial charge in [0.15, 0.2) is 0 Å². The van der Waals surface area contributed by atoms with Crippen LogP contribution in [0.1, 0.15) is 53.7 Å². The Balaban J connectivity index is 0.000000417. The molecule has 2 heterocycles. The van der Waals surface area contributed by atoms with Gasteiger partial charge in [0.05, 0.1) is 42.9 Å². The van der Waals surface area contributed by atoms with Gasteiger partial charge in [0.2, 0.25) is 5.91 Å². The number of nitriles is 2. The quantitative estimate of drug-likeness (QED) is 0.316. The lowest BCUT2D eigenvalue weighted by Crippen LogP contribution is -2.50. The van der Waals surface area contributed by atoms with Gasteiger partial charge in [0.1, 0.15) is 23.3 Å². The van der Waals surface area contributed by atoms with Gasteiger partial charge in [-0.1, -0.05) is 12.1 Å². The molecule has 0 unspecified atom stereocenters. The van der Waals surface area contributed by atoms with Gasteiger partial charge in [0.25, 0.3) is 17.7 Å². The summed E-state index contributed by atoms with van der Waals surface area (Å²) in [6.45, 7) is 4.57. The Kier molecular flexibility index (Phi) is 11.7. The lowest BCUT2D eigenvalue weighted by atomic mass is 9.89. The van der Waals surface area contributed by atoms with E-state index in [0.717, 1.165) is 24.3 Å². The van der Waals surface area contributed by atoms with Crippen LogP contribution in [-0.2, 0) is 15.5 Å². The number of anilines is 1. The van der Waals surface area contributed by atoms with E-state index in [1.807, 2.05) is 19.9 Å². The molecule has 0 atom stereocenters. The Morgan fingerprint density at radius 1 is 1.00 bits per heavy atom. The van der Waals surface area contributed by atoms with Gasteiger partial charge in [-0.05, 0) is 74.9 Å². The number of methoxy groups -OCH3 is 1. The number of hydrogen-bond acceptors (Lipinski definition) is 8. The number of rotatable bonds is 9. The van der Waals surface area contributed by atoms with Crippen molar-refractivity contribution < 1.29 is 32.3 Å². The number of benzene rings is 3. The van der Waals surface area contributed by atoms with E-state index in [1.54, 1.807) is 24.0 Å². The molecule has 51 heavy (non-hydrogen) atoms. The van der Waals surface area contributed by atoms with E-state index in [1.165, 1.54) is 54.5 Å². The van der Waals surface area contributed by atoms with E-state index >= 15 is 0 Å². The fourth-order valence-electron chi connectivity index (χ4n) is 5.24. The number of ether oxygens (including phenoxy) is 1. The number of amides is 3. The minimum atomic E-state index is -3.35. The maximum absolute atomic E-state index is 15.0. The van der Waals surface area contributed by atoms with Crippen molar-refractivity contribution in [2.75, 3.05) is 45.7 Å². The van der Waals surface area contributed by atoms with Crippen molar-refractivity contribution in [1.82, 2.24) is 20.7 Å². The van der Waals surface area contributed by atoms with Gasteiger partial charge >= 0.3 is 0 Å². The fraction of sp³-hybridized carbons (Fsp3) is 0.324. The van der Waals surface area contributed by atoms with E-state index in [4.69, 9.17) is 10.00 Å². The van der Waals surface area contributed by atoms with Gasteiger partial charge in [-0.15, -0.1) is 0 Å². The zero-order valence-electron chi connectivity index (χ0n) is 28.9. The highest BCUT2D eigenvalue weighted by Gasteiger charge is 2.38. The average molecular weight is 702 g/mol. The van der Waals surface area contributed by atoms with E-state index in [9.17, 15) is 32.8 Å². The number of carbonyl (C=O) groups excluding carboxylic acids is 3. The summed E-state index contributed by atoms with van der Waals surface area (Å²) in [7, 11) is 4.87. The Morgan fingerprint density at radius 3 is 2.20 bits per heavy atom. The van der Waals surface area contributed by atoms with Crippen molar-refractivity contribution in [3.05, 3.63) is 106 Å². The topological polar surface area (TPSA) is 142 Å². The van der Waals surface area contributed by atoms with Crippen molar-refractivity contribution in [2.45, 2.75) is 32.6 Å². The molecule has 3 aromatic rings. The van der Waals surface area contributed by atoms with Crippen LogP contribution in [0.2, 0.25) is 0 Å². The predicted octanol–water partition coefficient (Wildman–Crippen LogP) is 5.06. The van der Waals surface area contributed by atoms with Crippen molar-refractivity contribution in [3.8, 4) is 17.9 Å². The first-order valence-electron chi connectivity index (χ1n) is 15.9. The summed E-state index contributed by atoms with van der Waals surface area (Å²) in [4.78, 5) is 40.5. The Bertz CT molecular complexity index is 1900. The minimum Gasteiger partial charge on any atom is -0.495 e. The first-order valence-corrected chi connectivity index (χ1v) is 15.9. The van der Waals surface area contributed by atoms with Crippen LogP contribution < -0.4 is 20.4 Å². The van der Waals surface area contributed by atoms with Crippen molar-refractivity contribution >= 4 is 23.4 Å². The summed E-state index contributed by atoms with van der Waals surface area (Å²) in [6, 6.07) is 17.9. The van der Waals surface area contributed by atoms with Gasteiger partial charge in [-0.2, -0.15) is 19.3 Å². The number of hydrogen-bond donors (Lipinski definition) is 2. The lowest BCUT2D eigenvalue weighted by Gasteiger charge is -2.34. The molecule has 0 saturated carbocycles. The number of nitrogens with zero attached hydrogens (tertiary/aromatic N) is 5. The molecule has 0 radical (unpaired) electrons. The van der Waals surface area contributed by atoms with Gasteiger partial charge in [0, 0.05) is 49.4 Å². The largest absolute Gasteiger partial charge is 0.495 e. The zero-order valence-corrected chi connectivity index (χ0v) is 28.9. The molecule has 266 valence electrons. The summed E-state index contributed by atoms with van der Waals surface area (Å²) in [5.41, 5.74) is 3.45. The third-order valence-corrected chi connectivity index (χ3v) is 8.36. The van der Waals surface area contributed by atoms with Gasteiger partial charge in [-0.25, -0.2) is 9.82 Å². The van der Waals surface area contributed by atoms with Crippen LogP contribution in [-0.4, -0.2) is 68.5 Å². The predicted molar refractivity (Wildman–Crippen MR) is 182 cm³/mol. The fourth-order valence-corrected chi connectivity index (χ4v) is 5.24. The summed E-state index contributed by atoms with van der Waals surface area (Å²) >= 11 is 0. The summed E-state index contributed by atoms with van der Waals surface area (Å²) in [6.07, 6.45) is 1.08. The molecule has 0 spiro atoms. The molecule has 11 nitrogen and oxygen atoms in total. The Hall–Kier alpha value is -5.86. The Morgan fingerprint density at radius 2 is 1.63 bits per heavy atom. The number of halogens is 3. The second kappa shape index (κ2) is 15.8. The van der Waals surface area contributed by atoms with Gasteiger partial charge < -0.3 is 19.9 Å². The molecular formula is C37H38F3N7O4. The second-order valence-corrected chi connectivity index (χ2v) is 12.7. The summed E-state index contributed by atoms with van der Waals surface area (Å²) in [5.74, 6) is -4.45. The number of carbonyl (C=O) groups is 3. The zero-order chi connectivity index (χ0) is 37.5. The van der Waals surface area contributed by atoms with Gasteiger partial charge in [-0.3, -0.25) is 19.4 Å². The number of piperazine rings is 1.